The second-order valence-electron chi connectivity index (χ2n) is 21.3. The van der Waals surface area contributed by atoms with Crippen molar-refractivity contribution >= 4 is 5.78 Å². The Kier molecular flexibility index (Phi) is 15.2. The van der Waals surface area contributed by atoms with Gasteiger partial charge in [0.05, 0.1) is 50.8 Å². The minimum absolute atomic E-state index is 0.0635. The smallest absolute Gasteiger partial charge is 0.187 e. The maximum atomic E-state index is 14.7. The van der Waals surface area contributed by atoms with Crippen molar-refractivity contribution in [3.8, 4) is 0 Å². The molecule has 0 amide bonds. The fourth-order valence-corrected chi connectivity index (χ4v) is 14.0. The molecule has 8 aliphatic rings. The first-order valence-electron chi connectivity index (χ1n) is 23.8. The highest BCUT2D eigenvalue weighted by molar-refractivity contribution is 5.87. The second kappa shape index (κ2) is 19.6. The summed E-state index contributed by atoms with van der Waals surface area (Å²) in [4.78, 5) is 14.7. The van der Waals surface area contributed by atoms with E-state index in [0.29, 0.717) is 31.6 Å². The molecule has 8 rings (SSSR count). The van der Waals surface area contributed by atoms with Gasteiger partial charge in [0.1, 0.15) is 79.0 Å². The highest BCUT2D eigenvalue weighted by Gasteiger charge is 2.69. The number of aliphatic hydroxyl groups is 12. The van der Waals surface area contributed by atoms with Crippen LogP contribution < -0.4 is 0 Å². The van der Waals surface area contributed by atoms with Crippen molar-refractivity contribution in [1.82, 2.24) is 0 Å². The number of rotatable bonds is 13. The Balaban J connectivity index is 0.885. The zero-order valence-corrected chi connectivity index (χ0v) is 37.6. The highest BCUT2D eigenvalue weighted by Crippen LogP contribution is 2.69. The predicted molar refractivity (Wildman–Crippen MR) is 220 cm³/mol. The normalized spacial score (nSPS) is 54.3. The zero-order valence-electron chi connectivity index (χ0n) is 37.6. The van der Waals surface area contributed by atoms with E-state index in [0.717, 1.165) is 25.7 Å². The van der Waals surface area contributed by atoms with Gasteiger partial charge in [-0.05, 0) is 85.9 Å². The molecule has 4 saturated heterocycles. The van der Waals surface area contributed by atoms with Gasteiger partial charge in [-0.2, -0.15) is 0 Å². The van der Waals surface area contributed by atoms with Crippen molar-refractivity contribution in [2.24, 2.45) is 52.3 Å². The first-order valence-corrected chi connectivity index (χ1v) is 23.8. The van der Waals surface area contributed by atoms with E-state index < -0.39 is 136 Å². The number of carbonyl (C=O) groups excluding carboxylic acids is 1. The monoisotopic (exact) mass is 934 g/mol. The van der Waals surface area contributed by atoms with Gasteiger partial charge < -0.3 is 94.4 Å². The summed E-state index contributed by atoms with van der Waals surface area (Å²) in [5, 5.41) is 125. The summed E-state index contributed by atoms with van der Waals surface area (Å²) in [6.07, 6.45) is -19.0. The summed E-state index contributed by atoms with van der Waals surface area (Å²) in [6, 6.07) is 0. The molecule has 4 saturated carbocycles. The molecule has 20 nitrogen and oxygen atoms in total. The van der Waals surface area contributed by atoms with Crippen LogP contribution in [0.25, 0.3) is 0 Å². The van der Waals surface area contributed by atoms with E-state index in [1.54, 1.807) is 0 Å². The molecule has 12 N–H and O–H groups in total. The number of hydrogen-bond donors (Lipinski definition) is 12. The topological polar surface area (TPSA) is 324 Å². The van der Waals surface area contributed by atoms with Crippen molar-refractivity contribution in [1.29, 1.82) is 0 Å². The summed E-state index contributed by atoms with van der Waals surface area (Å²) >= 11 is 0. The van der Waals surface area contributed by atoms with Gasteiger partial charge in [0.15, 0.2) is 18.9 Å². The van der Waals surface area contributed by atoms with E-state index in [4.69, 9.17) is 33.2 Å². The van der Waals surface area contributed by atoms with Crippen LogP contribution in [0.3, 0.4) is 0 Å². The Labute approximate surface area is 378 Å². The molecular formula is C45H74O20. The third-order valence-electron chi connectivity index (χ3n) is 17.7. The van der Waals surface area contributed by atoms with Crippen molar-refractivity contribution in [2.75, 3.05) is 26.4 Å². The molecule has 0 aromatic rings. The molecule has 0 aromatic heterocycles. The number of Topliss-reactive ketones (excluding diaryl/α,β-unsaturated/α-hetero) is 1. The zero-order chi connectivity index (χ0) is 47.0. The van der Waals surface area contributed by atoms with E-state index >= 15 is 0 Å². The van der Waals surface area contributed by atoms with Gasteiger partial charge >= 0.3 is 0 Å². The highest BCUT2D eigenvalue weighted by atomic mass is 16.8. The summed E-state index contributed by atoms with van der Waals surface area (Å²) in [6.45, 7) is 6.51. The number of ether oxygens (including phenoxy) is 7. The lowest BCUT2D eigenvalue weighted by Crippen LogP contribution is -2.65. The van der Waals surface area contributed by atoms with Crippen LogP contribution in [-0.2, 0) is 38.0 Å². The Bertz CT molecular complexity index is 1620. The second-order valence-corrected chi connectivity index (χ2v) is 21.3. The van der Waals surface area contributed by atoms with Gasteiger partial charge in [-0.15, -0.1) is 0 Å². The van der Waals surface area contributed by atoms with Crippen LogP contribution in [0.2, 0.25) is 0 Å². The maximum Gasteiger partial charge on any atom is 0.187 e. The van der Waals surface area contributed by atoms with E-state index in [-0.39, 0.29) is 59.4 Å². The minimum atomic E-state index is -1.78. The van der Waals surface area contributed by atoms with Crippen molar-refractivity contribution in [2.45, 2.75) is 196 Å². The number of fused-ring (bicyclic) bond motifs is 7. The van der Waals surface area contributed by atoms with Crippen molar-refractivity contribution < 1.29 is 99.2 Å². The van der Waals surface area contributed by atoms with Crippen LogP contribution >= 0.6 is 0 Å². The van der Waals surface area contributed by atoms with Gasteiger partial charge in [0.25, 0.3) is 0 Å². The molecule has 0 unspecified atom stereocenters. The molecule has 0 aromatic carbocycles. The number of hydrogen-bond acceptors (Lipinski definition) is 20. The van der Waals surface area contributed by atoms with Gasteiger partial charge in [-0.3, -0.25) is 4.79 Å². The largest absolute Gasteiger partial charge is 0.394 e. The van der Waals surface area contributed by atoms with E-state index in [2.05, 4.69) is 20.8 Å². The fourth-order valence-electron chi connectivity index (χ4n) is 14.0. The molecule has 0 bridgehead atoms. The minimum Gasteiger partial charge on any atom is -0.394 e. The van der Waals surface area contributed by atoms with Crippen LogP contribution in [0.1, 0.15) is 79.1 Å². The molecule has 28 atom stereocenters. The predicted octanol–water partition coefficient (Wildman–Crippen LogP) is -2.95. The number of aliphatic hydroxyl groups excluding tert-OH is 12. The van der Waals surface area contributed by atoms with Crippen molar-refractivity contribution in [3.05, 3.63) is 0 Å². The van der Waals surface area contributed by atoms with Crippen molar-refractivity contribution in [3.63, 3.8) is 0 Å². The standard InChI is InChI=1S/C45H74O20/c1-17(16-59-41-37(57)34(54)31(51)26(13-46)62-41)9-24(49)39-18(2)30-25(61-39)11-23-21-6-5-19-10-20(7-8-44(19,3)22(21)12-29(50)45(23,30)4)60-43-40(36(56)33(53)28(15-48)64-43)65-42-38(58)35(55)32(52)27(14-47)63-42/h17-28,30-43,46-49,51-58H,5-16H2,1-4H3/t17-,18+,19+,20+,21-,22+,23+,24-,25+,26-,27-,28-,30+,31-,32-,33+,34+,35+,36+,37-,38-,39-,40-,41-,42+,43-,44+,45-/m1/s1. The number of ketones is 1. The van der Waals surface area contributed by atoms with Gasteiger partial charge in [-0.25, -0.2) is 0 Å². The Morgan fingerprint density at radius 1 is 0.692 bits per heavy atom. The first-order chi connectivity index (χ1) is 30.8. The Morgan fingerprint density at radius 3 is 1.91 bits per heavy atom. The molecule has 65 heavy (non-hydrogen) atoms. The molecule has 374 valence electrons. The summed E-state index contributed by atoms with van der Waals surface area (Å²) in [7, 11) is 0. The fraction of sp³-hybridized carbons (Fsp3) is 0.978. The molecule has 4 aliphatic heterocycles. The van der Waals surface area contributed by atoms with Crippen LogP contribution in [0, 0.1) is 52.3 Å². The van der Waals surface area contributed by atoms with Crippen LogP contribution in [0.15, 0.2) is 0 Å². The lowest BCUT2D eigenvalue weighted by atomic mass is 9.44. The van der Waals surface area contributed by atoms with Crippen LogP contribution in [0.4, 0.5) is 0 Å². The van der Waals surface area contributed by atoms with Crippen LogP contribution in [0.5, 0.6) is 0 Å². The average molecular weight is 935 g/mol. The summed E-state index contributed by atoms with van der Waals surface area (Å²) in [5.74, 6) is 0.558. The third-order valence-corrected chi connectivity index (χ3v) is 17.7. The Hall–Kier alpha value is -1.09. The van der Waals surface area contributed by atoms with Gasteiger partial charge in [0, 0.05) is 17.8 Å². The lowest BCUT2D eigenvalue weighted by molar-refractivity contribution is -0.373. The first kappa shape index (κ1) is 50.3. The molecule has 0 radical (unpaired) electrons. The average Bonchev–Trinajstić information content (AvgIpc) is 3.79. The van der Waals surface area contributed by atoms with E-state index in [1.165, 1.54) is 0 Å². The SMILES string of the molecule is C[C@@H](CO[C@@H]1O[C@H](CO)[C@@H](O)[C@H](O)[C@H]1O)C[C@@H](O)[C@@H]1O[C@H]2C[C@H]3[C@@H]4CC[C@H]5C[C@@H](O[C@@H]6O[C@H](CO)[C@H](O)[C@H](O)[C@H]6O[C@@H]6O[C@H](CO)[C@@H](O)[C@H](O)[C@H]6O)CC[C@]5(C)[C@H]4CC(=O)[C@]3(C)[C@H]2[C@@H]1C. The van der Waals surface area contributed by atoms with Gasteiger partial charge in [-0.1, -0.05) is 27.7 Å². The van der Waals surface area contributed by atoms with Crippen LogP contribution in [-0.4, -0.2) is 210 Å². The van der Waals surface area contributed by atoms with Gasteiger partial charge in [0.2, 0.25) is 0 Å². The molecule has 4 heterocycles. The molecular weight excluding hydrogens is 860 g/mol. The quantitative estimate of drug-likeness (QED) is 0.0822. The summed E-state index contributed by atoms with van der Waals surface area (Å²) in [5.41, 5.74) is -0.802. The Morgan fingerprint density at radius 2 is 1.28 bits per heavy atom. The lowest BCUT2D eigenvalue weighted by Gasteiger charge is -2.60. The molecule has 4 aliphatic carbocycles. The summed E-state index contributed by atoms with van der Waals surface area (Å²) < 4.78 is 41.8. The third kappa shape index (κ3) is 8.79. The molecule has 0 spiro atoms. The number of carbonyl (C=O) groups is 1. The molecule has 20 heteroatoms. The van der Waals surface area contributed by atoms with E-state index in [1.807, 2.05) is 6.92 Å². The molecule has 8 fully saturated rings. The van der Waals surface area contributed by atoms with E-state index in [9.17, 15) is 66.1 Å². The maximum absolute atomic E-state index is 14.7.